The smallest absolute Gasteiger partial charge is 0.319 e. The minimum atomic E-state index is -0.161. The van der Waals surface area contributed by atoms with Gasteiger partial charge in [-0.2, -0.15) is 0 Å². The van der Waals surface area contributed by atoms with E-state index in [-0.39, 0.29) is 8.88 Å². The number of rotatable bonds is 2. The average molecular weight is 182 g/mol. The molecule has 0 saturated carbocycles. The molecule has 3 heteroatoms. The average Bonchev–Trinajstić information content (AvgIpc) is 2.09. The van der Waals surface area contributed by atoms with Crippen LogP contribution < -0.4 is 10.6 Å². The van der Waals surface area contributed by atoms with Gasteiger partial charge < -0.3 is 10.6 Å². The molecule has 0 unspecified atom stereocenters. The number of hydrogen-bond donors (Lipinski definition) is 2. The third-order valence-corrected chi connectivity index (χ3v) is 1.65. The summed E-state index contributed by atoms with van der Waals surface area (Å²) in [6.07, 6.45) is 0. The predicted octanol–water partition coefficient (Wildman–Crippen LogP) is 2.63. The van der Waals surface area contributed by atoms with Gasteiger partial charge in [0, 0.05) is 15.1 Å². The summed E-state index contributed by atoms with van der Waals surface area (Å²) < 4.78 is 0. The van der Waals surface area contributed by atoms with Gasteiger partial charge in [0.2, 0.25) is 0 Å². The quantitative estimate of drug-likeness (QED) is 0.725. The number of nitrogens with one attached hydrogen (secondary N) is 2. The number of aryl methyl sites for hydroxylation is 1. The maximum absolute atomic E-state index is 11.1. The second kappa shape index (κ2) is 4.50. The fraction of sp³-hybridized carbons (Fsp3) is 0.300. The minimum absolute atomic E-state index is 0. The molecule has 1 aromatic carbocycles. The molecule has 74 valence electrons. The summed E-state index contributed by atoms with van der Waals surface area (Å²) >= 11 is 0. The molecular weight excluding hydrogens is 164 g/mol. The Bertz CT molecular complexity index is 288. The summed E-state index contributed by atoms with van der Waals surface area (Å²) in [6.45, 7) is 4.53. The van der Waals surface area contributed by atoms with Crippen LogP contribution >= 0.6 is 0 Å². The lowest BCUT2D eigenvalue weighted by molar-refractivity contribution is 0.252. The Morgan fingerprint density at radius 1 is 1.38 bits per heavy atom. The Hall–Kier alpha value is -1.51. The minimum Gasteiger partial charge on any atom is -0.338 e. The van der Waals surface area contributed by atoms with Gasteiger partial charge in [0.1, 0.15) is 0 Å². The van der Waals surface area contributed by atoms with Crippen molar-refractivity contribution in [3.8, 4) is 0 Å². The summed E-state index contributed by atoms with van der Waals surface area (Å²) in [5, 5.41) is 5.38. The SMILES string of the molecule is CCNC(=O)Nc1ccc(C)cc1.[HH].[HH]. The normalized spacial score (nSPS) is 9.38. The van der Waals surface area contributed by atoms with E-state index in [1.807, 2.05) is 38.1 Å². The van der Waals surface area contributed by atoms with Crippen LogP contribution in [-0.4, -0.2) is 12.6 Å². The van der Waals surface area contributed by atoms with Crippen LogP contribution in [-0.2, 0) is 0 Å². The highest BCUT2D eigenvalue weighted by Crippen LogP contribution is 2.07. The summed E-state index contributed by atoms with van der Waals surface area (Å²) in [7, 11) is 0. The molecule has 3 nitrogen and oxygen atoms in total. The first kappa shape index (κ1) is 9.58. The predicted molar refractivity (Wildman–Crippen MR) is 58.1 cm³/mol. The van der Waals surface area contributed by atoms with Gasteiger partial charge in [0.25, 0.3) is 0 Å². The monoisotopic (exact) mass is 182 g/mol. The van der Waals surface area contributed by atoms with E-state index >= 15 is 0 Å². The Kier molecular flexibility index (Phi) is 3.31. The van der Waals surface area contributed by atoms with Gasteiger partial charge in [0.05, 0.1) is 0 Å². The Labute approximate surface area is 81.1 Å². The van der Waals surface area contributed by atoms with Gasteiger partial charge in [-0.05, 0) is 26.0 Å². The van der Waals surface area contributed by atoms with Crippen LogP contribution in [0.15, 0.2) is 24.3 Å². The van der Waals surface area contributed by atoms with Crippen molar-refractivity contribution in [1.29, 1.82) is 0 Å². The molecule has 0 spiro atoms. The van der Waals surface area contributed by atoms with Crippen molar-refractivity contribution in [3.05, 3.63) is 29.8 Å². The van der Waals surface area contributed by atoms with E-state index < -0.39 is 0 Å². The number of urea groups is 1. The highest BCUT2D eigenvalue weighted by Gasteiger charge is 1.97. The fourth-order valence-electron chi connectivity index (χ4n) is 0.973. The number of benzene rings is 1. The molecule has 1 aromatic rings. The Balaban J connectivity index is 0. The highest BCUT2D eigenvalue weighted by molar-refractivity contribution is 5.89. The number of carbonyl (C=O) groups excluding carboxylic acids is 1. The molecule has 0 aliphatic carbocycles. The molecular formula is C10H18N2O. The molecule has 13 heavy (non-hydrogen) atoms. The van der Waals surface area contributed by atoms with E-state index in [2.05, 4.69) is 10.6 Å². The number of carbonyl (C=O) groups is 1. The largest absolute Gasteiger partial charge is 0.338 e. The lowest BCUT2D eigenvalue weighted by atomic mass is 10.2. The fourth-order valence-corrected chi connectivity index (χ4v) is 0.973. The molecule has 0 aliphatic heterocycles. The summed E-state index contributed by atoms with van der Waals surface area (Å²) in [5.74, 6) is 0. The van der Waals surface area contributed by atoms with Gasteiger partial charge in [-0.15, -0.1) is 0 Å². The van der Waals surface area contributed by atoms with Crippen molar-refractivity contribution in [3.63, 3.8) is 0 Å². The zero-order valence-corrected chi connectivity index (χ0v) is 7.92. The van der Waals surface area contributed by atoms with E-state index in [4.69, 9.17) is 0 Å². The topological polar surface area (TPSA) is 41.1 Å². The summed E-state index contributed by atoms with van der Waals surface area (Å²) in [6, 6.07) is 7.52. The highest BCUT2D eigenvalue weighted by atomic mass is 16.2. The van der Waals surface area contributed by atoms with Crippen molar-refractivity contribution in [1.82, 2.24) is 5.32 Å². The lowest BCUT2D eigenvalue weighted by Crippen LogP contribution is -2.28. The van der Waals surface area contributed by atoms with Crippen molar-refractivity contribution in [2.24, 2.45) is 0 Å². The maximum Gasteiger partial charge on any atom is 0.319 e. The molecule has 0 fully saturated rings. The Morgan fingerprint density at radius 2 is 2.00 bits per heavy atom. The van der Waals surface area contributed by atoms with Crippen LogP contribution in [0, 0.1) is 6.92 Å². The molecule has 0 bridgehead atoms. The van der Waals surface area contributed by atoms with Crippen molar-refractivity contribution in [2.45, 2.75) is 13.8 Å². The van der Waals surface area contributed by atoms with Crippen LogP contribution in [0.3, 0.4) is 0 Å². The number of hydrogen-bond acceptors (Lipinski definition) is 1. The first-order valence-corrected chi connectivity index (χ1v) is 4.34. The van der Waals surface area contributed by atoms with E-state index in [1.165, 1.54) is 5.56 Å². The molecule has 1 rings (SSSR count). The van der Waals surface area contributed by atoms with Crippen LogP contribution in [0.2, 0.25) is 0 Å². The van der Waals surface area contributed by atoms with Gasteiger partial charge in [0.15, 0.2) is 0 Å². The third-order valence-electron chi connectivity index (χ3n) is 1.65. The zero-order valence-electron chi connectivity index (χ0n) is 7.92. The van der Waals surface area contributed by atoms with E-state index in [9.17, 15) is 4.79 Å². The Morgan fingerprint density at radius 3 is 2.54 bits per heavy atom. The standard InChI is InChI=1S/C10H14N2O.2H2/c1-3-11-10(13)12-9-6-4-8(2)5-7-9;;/h4-7H,3H2,1-2H3,(H2,11,12,13);2*1H. The maximum atomic E-state index is 11.1. The molecule has 0 atom stereocenters. The van der Waals surface area contributed by atoms with Crippen molar-refractivity contribution < 1.29 is 7.65 Å². The molecule has 2 amide bonds. The van der Waals surface area contributed by atoms with Gasteiger partial charge in [-0.25, -0.2) is 4.79 Å². The van der Waals surface area contributed by atoms with Crippen LogP contribution in [0.1, 0.15) is 15.3 Å². The van der Waals surface area contributed by atoms with Crippen molar-refractivity contribution >= 4 is 11.7 Å². The van der Waals surface area contributed by atoms with Crippen LogP contribution in [0.25, 0.3) is 0 Å². The number of anilines is 1. The van der Waals surface area contributed by atoms with Gasteiger partial charge >= 0.3 is 6.03 Å². The zero-order chi connectivity index (χ0) is 9.68. The van der Waals surface area contributed by atoms with E-state index in [0.29, 0.717) is 6.54 Å². The molecule has 0 heterocycles. The second-order valence-corrected chi connectivity index (χ2v) is 2.85. The summed E-state index contributed by atoms with van der Waals surface area (Å²) in [4.78, 5) is 11.1. The first-order chi connectivity index (χ1) is 6.22. The van der Waals surface area contributed by atoms with Crippen LogP contribution in [0.4, 0.5) is 10.5 Å². The third kappa shape index (κ3) is 3.15. The molecule has 0 saturated heterocycles. The van der Waals surface area contributed by atoms with Crippen LogP contribution in [0.5, 0.6) is 0 Å². The van der Waals surface area contributed by atoms with E-state index in [0.717, 1.165) is 5.69 Å². The van der Waals surface area contributed by atoms with E-state index in [1.54, 1.807) is 0 Å². The first-order valence-electron chi connectivity index (χ1n) is 4.34. The van der Waals surface area contributed by atoms with Gasteiger partial charge in [-0.1, -0.05) is 17.7 Å². The lowest BCUT2D eigenvalue weighted by Gasteiger charge is -2.05. The molecule has 0 radical (unpaired) electrons. The summed E-state index contributed by atoms with van der Waals surface area (Å²) in [5.41, 5.74) is 2.00. The molecule has 2 N–H and O–H groups in total. The van der Waals surface area contributed by atoms with Gasteiger partial charge in [-0.3, -0.25) is 0 Å². The number of amides is 2. The molecule has 0 aliphatic rings. The molecule has 0 aromatic heterocycles. The second-order valence-electron chi connectivity index (χ2n) is 2.85. The van der Waals surface area contributed by atoms with Crippen molar-refractivity contribution in [2.75, 3.05) is 11.9 Å².